The number of amidine groups is 2. The lowest BCUT2D eigenvalue weighted by Gasteiger charge is -2.27. The largest absolute Gasteiger partial charge is 0.385 e. The molecule has 2 aliphatic heterocycles. The number of rotatable bonds is 4. The fourth-order valence-corrected chi connectivity index (χ4v) is 3.77. The molecule has 0 radical (unpaired) electrons. The van der Waals surface area contributed by atoms with Gasteiger partial charge in [0.25, 0.3) is 0 Å². The molecule has 2 aliphatic rings. The molecule has 0 spiro atoms. The first-order valence-electron chi connectivity index (χ1n) is 7.89. The van der Waals surface area contributed by atoms with Crippen molar-refractivity contribution in [3.63, 3.8) is 0 Å². The molecule has 1 aromatic carbocycles. The molecule has 2 unspecified atom stereocenters. The summed E-state index contributed by atoms with van der Waals surface area (Å²) in [6.45, 7) is 7.89. The van der Waals surface area contributed by atoms with Crippen molar-refractivity contribution in [2.75, 3.05) is 6.54 Å². The maximum absolute atomic E-state index is 9.17. The van der Waals surface area contributed by atoms with Gasteiger partial charge >= 0.3 is 0 Å². The van der Waals surface area contributed by atoms with E-state index in [9.17, 15) is 0 Å². The molecule has 0 saturated heterocycles. The average Bonchev–Trinajstić information content (AvgIpc) is 3.00. The zero-order valence-corrected chi connectivity index (χ0v) is 14.6. The number of nitrogens with zero attached hydrogens (tertiary/aromatic N) is 6. The Hall–Kier alpha value is -3.28. The normalized spacial score (nSPS) is 20.4. The summed E-state index contributed by atoms with van der Waals surface area (Å²) in [5, 5.41) is 9.90. The second-order valence-corrected chi connectivity index (χ2v) is 6.67. The molecule has 2 heterocycles. The minimum atomic E-state index is -0.326. The summed E-state index contributed by atoms with van der Waals surface area (Å²) in [6, 6.07) is 6.80. The third-order valence-electron chi connectivity index (χ3n) is 3.90. The fraction of sp³-hybridized carbons (Fsp3) is 0.278. The summed E-state index contributed by atoms with van der Waals surface area (Å²) >= 11 is 1.39. The summed E-state index contributed by atoms with van der Waals surface area (Å²) in [7, 11) is 0. The van der Waals surface area contributed by atoms with E-state index in [1.54, 1.807) is 18.2 Å². The molecule has 0 fully saturated rings. The number of unbranched alkanes of at least 4 members (excludes halogenated alkanes) is 1. The van der Waals surface area contributed by atoms with Crippen LogP contribution in [0.1, 0.15) is 18.4 Å². The van der Waals surface area contributed by atoms with Crippen LogP contribution in [0.2, 0.25) is 0 Å². The molecular weight excluding hydrogens is 346 g/mol. The number of terminal acetylenes is 1. The Kier molecular flexibility index (Phi) is 5.22. The van der Waals surface area contributed by atoms with Crippen LogP contribution in [-0.2, 0) is 0 Å². The van der Waals surface area contributed by atoms with Gasteiger partial charge in [0.2, 0.25) is 0 Å². The van der Waals surface area contributed by atoms with Crippen LogP contribution in [-0.4, -0.2) is 41.0 Å². The van der Waals surface area contributed by atoms with Gasteiger partial charge in [0.15, 0.2) is 23.1 Å². The maximum atomic E-state index is 9.17. The van der Waals surface area contributed by atoms with Crippen molar-refractivity contribution in [1.29, 1.82) is 5.26 Å². The van der Waals surface area contributed by atoms with E-state index in [1.807, 2.05) is 0 Å². The first-order valence-corrected chi connectivity index (χ1v) is 8.71. The molecular formula is C18H15N7S. The van der Waals surface area contributed by atoms with Gasteiger partial charge in [-0.15, -0.1) is 12.3 Å². The second kappa shape index (κ2) is 7.74. The first-order chi connectivity index (χ1) is 12.7. The quantitative estimate of drug-likeness (QED) is 0.506. The van der Waals surface area contributed by atoms with Gasteiger partial charge < -0.3 is 10.6 Å². The van der Waals surface area contributed by atoms with Crippen molar-refractivity contribution in [3.05, 3.63) is 35.2 Å². The van der Waals surface area contributed by atoms with Gasteiger partial charge in [-0.05, 0) is 24.6 Å². The molecule has 0 bridgehead atoms. The molecule has 8 heteroatoms. The van der Waals surface area contributed by atoms with E-state index in [0.29, 0.717) is 30.1 Å². The number of aliphatic imine (C=N–C) groups is 3. The predicted molar refractivity (Wildman–Crippen MR) is 103 cm³/mol. The Bertz CT molecular complexity index is 894. The smallest absolute Gasteiger partial charge is 0.189 e. The Morgan fingerprint density at radius 3 is 3.00 bits per heavy atom. The van der Waals surface area contributed by atoms with E-state index >= 15 is 0 Å². The third-order valence-corrected chi connectivity index (χ3v) is 4.90. The highest BCUT2D eigenvalue weighted by Crippen LogP contribution is 2.33. The molecule has 0 aromatic heterocycles. The molecule has 2 atom stereocenters. The molecule has 0 aliphatic carbocycles. The number of nitrogens with two attached hydrogens (primary N) is 1. The SMILES string of the molecule is [C-]#[N+]c1cc(C#N)cc(SC2=NC3C(N)=NC=NC3N2CCCC#C)c1. The molecule has 2 N–H and O–H groups in total. The zero-order valence-electron chi connectivity index (χ0n) is 13.8. The maximum Gasteiger partial charge on any atom is 0.189 e. The van der Waals surface area contributed by atoms with Gasteiger partial charge in [0.05, 0.1) is 12.6 Å². The van der Waals surface area contributed by atoms with Crippen LogP contribution < -0.4 is 5.73 Å². The van der Waals surface area contributed by atoms with Crippen molar-refractivity contribution < 1.29 is 0 Å². The number of fused-ring (bicyclic) bond motifs is 1. The minimum Gasteiger partial charge on any atom is -0.385 e. The summed E-state index contributed by atoms with van der Waals surface area (Å²) in [5.41, 5.74) is 6.84. The summed E-state index contributed by atoms with van der Waals surface area (Å²) < 4.78 is 0. The van der Waals surface area contributed by atoms with Gasteiger partial charge in [0.1, 0.15) is 12.2 Å². The van der Waals surface area contributed by atoms with E-state index in [2.05, 4.69) is 36.7 Å². The molecule has 128 valence electrons. The Morgan fingerprint density at radius 1 is 1.42 bits per heavy atom. The first kappa shape index (κ1) is 17.5. The van der Waals surface area contributed by atoms with Crippen LogP contribution in [0.25, 0.3) is 4.85 Å². The summed E-state index contributed by atoms with van der Waals surface area (Å²) in [4.78, 5) is 19.4. The van der Waals surface area contributed by atoms with Crippen molar-refractivity contribution >= 4 is 34.8 Å². The fourth-order valence-electron chi connectivity index (χ4n) is 2.71. The van der Waals surface area contributed by atoms with Crippen LogP contribution in [0.15, 0.2) is 38.1 Å². The predicted octanol–water partition coefficient (Wildman–Crippen LogP) is 2.38. The van der Waals surface area contributed by atoms with Crippen molar-refractivity contribution in [1.82, 2.24) is 4.90 Å². The van der Waals surface area contributed by atoms with E-state index < -0.39 is 0 Å². The van der Waals surface area contributed by atoms with E-state index in [4.69, 9.17) is 24.0 Å². The van der Waals surface area contributed by atoms with Crippen molar-refractivity contribution in [2.24, 2.45) is 20.7 Å². The second-order valence-electron chi connectivity index (χ2n) is 5.63. The standard InChI is InChI=1S/C18H15N7S/c1-3-4-5-6-25-17-15(16(20)22-11-23-17)24-18(25)26-14-8-12(10-19)7-13(9-14)21-2/h1,7-9,11,15,17H,4-6H2,(H2,20,22,23). The van der Waals surface area contributed by atoms with E-state index in [0.717, 1.165) is 16.5 Å². The summed E-state index contributed by atoms with van der Waals surface area (Å²) in [6.07, 6.45) is 8.05. The van der Waals surface area contributed by atoms with Crippen LogP contribution in [0, 0.1) is 30.2 Å². The van der Waals surface area contributed by atoms with Crippen LogP contribution in [0.3, 0.4) is 0 Å². The Labute approximate surface area is 156 Å². The van der Waals surface area contributed by atoms with Crippen LogP contribution in [0.5, 0.6) is 0 Å². The average molecular weight is 361 g/mol. The number of nitriles is 1. The highest BCUT2D eigenvalue weighted by atomic mass is 32.2. The van der Waals surface area contributed by atoms with Crippen LogP contribution >= 0.6 is 11.8 Å². The lowest BCUT2D eigenvalue weighted by molar-refractivity contribution is 0.336. The van der Waals surface area contributed by atoms with Crippen molar-refractivity contribution in [2.45, 2.75) is 29.9 Å². The minimum absolute atomic E-state index is 0.229. The number of thioether (sulfide) groups is 1. The number of hydrogen-bond donors (Lipinski definition) is 1. The van der Waals surface area contributed by atoms with Crippen LogP contribution in [0.4, 0.5) is 5.69 Å². The van der Waals surface area contributed by atoms with Gasteiger partial charge in [-0.3, -0.25) is 0 Å². The highest BCUT2D eigenvalue weighted by molar-refractivity contribution is 8.13. The monoisotopic (exact) mass is 361 g/mol. The Morgan fingerprint density at radius 2 is 2.27 bits per heavy atom. The van der Waals surface area contributed by atoms with Gasteiger partial charge in [-0.2, -0.15) is 5.26 Å². The Balaban J connectivity index is 1.89. The van der Waals surface area contributed by atoms with Gasteiger partial charge in [-0.1, -0.05) is 11.8 Å². The number of benzene rings is 1. The van der Waals surface area contributed by atoms with Gasteiger partial charge in [-0.25, -0.2) is 19.8 Å². The molecule has 1 aromatic rings. The number of hydrogen-bond acceptors (Lipinski definition) is 7. The highest BCUT2D eigenvalue weighted by Gasteiger charge is 2.39. The molecule has 26 heavy (non-hydrogen) atoms. The van der Waals surface area contributed by atoms with Crippen molar-refractivity contribution in [3.8, 4) is 18.4 Å². The summed E-state index contributed by atoms with van der Waals surface area (Å²) in [5.74, 6) is 3.06. The lowest BCUT2D eigenvalue weighted by atomic mass is 10.2. The molecule has 3 rings (SSSR count). The molecule has 0 amide bonds. The zero-order chi connectivity index (χ0) is 18.5. The topological polar surface area (TPSA) is 94.5 Å². The van der Waals surface area contributed by atoms with E-state index in [-0.39, 0.29) is 12.2 Å². The molecule has 0 saturated carbocycles. The lowest BCUT2D eigenvalue weighted by Crippen LogP contribution is -2.45. The van der Waals surface area contributed by atoms with E-state index in [1.165, 1.54) is 18.1 Å². The molecule has 7 nitrogen and oxygen atoms in total. The van der Waals surface area contributed by atoms with Gasteiger partial charge in [0, 0.05) is 23.4 Å². The third kappa shape index (κ3) is 3.54.